The van der Waals surface area contributed by atoms with Gasteiger partial charge in [-0.1, -0.05) is 18.2 Å². The molecule has 0 spiro atoms. The molecule has 192 valence electrons. The lowest BCUT2D eigenvalue weighted by atomic mass is 10.2. The Balaban J connectivity index is 1.58. The first-order valence-electron chi connectivity index (χ1n) is 10.9. The van der Waals surface area contributed by atoms with Crippen LogP contribution in [0.5, 0.6) is 0 Å². The molecule has 2 saturated heterocycles. The fourth-order valence-corrected chi connectivity index (χ4v) is 6.69. The van der Waals surface area contributed by atoms with Crippen LogP contribution in [0.25, 0.3) is 0 Å². The molecule has 0 saturated carbocycles. The van der Waals surface area contributed by atoms with E-state index in [1.165, 1.54) is 11.8 Å². The molecule has 7 nitrogen and oxygen atoms in total. The summed E-state index contributed by atoms with van der Waals surface area (Å²) in [6.45, 7) is 2.12. The van der Waals surface area contributed by atoms with Crippen LogP contribution < -0.4 is 5.32 Å². The molecular formula is C22H24F3N2O5S3-. The van der Waals surface area contributed by atoms with Crippen molar-refractivity contribution in [2.45, 2.75) is 51.2 Å². The minimum absolute atomic E-state index is 0.203. The molecule has 4 rings (SSSR count). The number of nitrogens with one attached hydrogen (secondary N) is 1. The first-order chi connectivity index (χ1) is 16.5. The lowest BCUT2D eigenvalue weighted by Gasteiger charge is -2.29. The zero-order valence-corrected chi connectivity index (χ0v) is 20.9. The van der Waals surface area contributed by atoms with Crippen LogP contribution in [0, 0.1) is 0 Å². The van der Waals surface area contributed by atoms with Gasteiger partial charge in [0.05, 0.1) is 18.4 Å². The standard InChI is InChI=1S/C22H25F3N2O5S3/c23-22(24,25)35(30,31)21-11-19(34(28)29)6-7-20(21)26-15(14-33-18-4-2-1-3-5-18)8-9-27-12-17-10-16(27)13-32-17/h1-7,11,15-17,26H,8-10,12-14H2,(H,28,29)/p-1/t15?,16-,17-/m1/s1. The molecule has 0 aliphatic carbocycles. The van der Waals surface area contributed by atoms with Gasteiger partial charge in [-0.2, -0.15) is 13.2 Å². The highest BCUT2D eigenvalue weighted by molar-refractivity contribution is 7.99. The van der Waals surface area contributed by atoms with Crippen LogP contribution in [-0.4, -0.2) is 71.2 Å². The molecule has 1 N–H and O–H groups in total. The molecule has 4 atom stereocenters. The molecule has 0 radical (unpaired) electrons. The lowest BCUT2D eigenvalue weighted by Crippen LogP contribution is -2.39. The zero-order chi connectivity index (χ0) is 25.2. The molecule has 2 bridgehead atoms. The van der Waals surface area contributed by atoms with Gasteiger partial charge >= 0.3 is 5.51 Å². The van der Waals surface area contributed by atoms with Crippen molar-refractivity contribution in [2.24, 2.45) is 0 Å². The van der Waals surface area contributed by atoms with Gasteiger partial charge in [0.2, 0.25) is 0 Å². The molecule has 2 fully saturated rings. The van der Waals surface area contributed by atoms with E-state index in [1.807, 2.05) is 30.3 Å². The minimum Gasteiger partial charge on any atom is -0.768 e. The van der Waals surface area contributed by atoms with Crippen molar-refractivity contribution in [3.05, 3.63) is 48.5 Å². The summed E-state index contributed by atoms with van der Waals surface area (Å²) >= 11 is -1.39. The van der Waals surface area contributed by atoms with Crippen LogP contribution in [0.4, 0.5) is 18.9 Å². The van der Waals surface area contributed by atoms with E-state index < -0.39 is 36.2 Å². The largest absolute Gasteiger partial charge is 0.768 e. The van der Waals surface area contributed by atoms with Crippen molar-refractivity contribution < 1.29 is 35.1 Å². The van der Waals surface area contributed by atoms with Gasteiger partial charge in [-0.25, -0.2) is 8.42 Å². The van der Waals surface area contributed by atoms with Gasteiger partial charge in [-0.3, -0.25) is 9.11 Å². The van der Waals surface area contributed by atoms with Gasteiger partial charge in [-0.05, 0) is 54.3 Å². The number of fused-ring (bicyclic) bond motifs is 2. The Morgan fingerprint density at radius 2 is 1.97 bits per heavy atom. The Hall–Kier alpha value is -1.64. The topological polar surface area (TPSA) is 98.8 Å². The van der Waals surface area contributed by atoms with Crippen molar-refractivity contribution in [2.75, 3.05) is 30.8 Å². The van der Waals surface area contributed by atoms with Crippen molar-refractivity contribution >= 4 is 38.4 Å². The van der Waals surface area contributed by atoms with E-state index in [0.717, 1.165) is 30.0 Å². The Bertz CT molecular complexity index is 1160. The Morgan fingerprint density at radius 1 is 1.23 bits per heavy atom. The number of thioether (sulfide) groups is 1. The van der Waals surface area contributed by atoms with Crippen molar-refractivity contribution in [3.8, 4) is 0 Å². The number of halogens is 3. The summed E-state index contributed by atoms with van der Waals surface area (Å²) < 4.78 is 93.0. The maximum absolute atomic E-state index is 13.4. The smallest absolute Gasteiger partial charge is 0.501 e. The van der Waals surface area contributed by atoms with E-state index in [1.54, 1.807) is 0 Å². The molecule has 2 unspecified atom stereocenters. The van der Waals surface area contributed by atoms with Gasteiger partial charge in [0, 0.05) is 40.7 Å². The SMILES string of the molecule is O=S([O-])c1ccc(NC(CCN2C[C@H]3C[C@@H]2CO3)CSc2ccccc2)c(S(=O)(=O)C(F)(F)F)c1. The van der Waals surface area contributed by atoms with Crippen LogP contribution in [0.1, 0.15) is 12.8 Å². The molecule has 35 heavy (non-hydrogen) atoms. The average molecular weight is 550 g/mol. The summed E-state index contributed by atoms with van der Waals surface area (Å²) in [6, 6.07) is 12.1. The van der Waals surface area contributed by atoms with Crippen LogP contribution in [-0.2, 0) is 25.7 Å². The minimum atomic E-state index is -5.78. The molecular weight excluding hydrogens is 525 g/mol. The molecule has 13 heteroatoms. The second-order valence-corrected chi connectivity index (χ2v) is 12.4. The van der Waals surface area contributed by atoms with Crippen LogP contribution >= 0.6 is 11.8 Å². The monoisotopic (exact) mass is 549 g/mol. The molecule has 0 amide bonds. The van der Waals surface area contributed by atoms with Gasteiger partial charge in [0.1, 0.15) is 4.90 Å². The number of hydrogen-bond acceptors (Lipinski definition) is 8. The number of anilines is 1. The zero-order valence-electron chi connectivity index (χ0n) is 18.4. The highest BCUT2D eigenvalue weighted by atomic mass is 32.2. The van der Waals surface area contributed by atoms with Gasteiger partial charge in [0.25, 0.3) is 9.84 Å². The Morgan fingerprint density at radius 3 is 2.57 bits per heavy atom. The number of nitrogens with zero attached hydrogens (tertiary/aromatic N) is 1. The lowest BCUT2D eigenvalue weighted by molar-refractivity contribution is -0.0435. The van der Waals surface area contributed by atoms with E-state index in [4.69, 9.17) is 4.74 Å². The second kappa shape index (κ2) is 10.8. The molecule has 2 heterocycles. The normalized spacial score (nSPS) is 22.3. The number of hydrogen-bond donors (Lipinski definition) is 1. The predicted molar refractivity (Wildman–Crippen MR) is 126 cm³/mol. The van der Waals surface area contributed by atoms with E-state index in [2.05, 4.69) is 10.2 Å². The predicted octanol–water partition coefficient (Wildman–Crippen LogP) is 3.65. The number of morpholine rings is 1. The number of benzene rings is 2. The fourth-order valence-electron chi connectivity index (χ4n) is 4.28. The molecule has 0 aromatic heterocycles. The number of rotatable bonds is 10. The summed E-state index contributed by atoms with van der Waals surface area (Å²) in [5, 5.41) is 2.97. The number of likely N-dealkylation sites (tertiary alicyclic amines) is 1. The molecule has 2 aromatic rings. The third-order valence-corrected chi connectivity index (χ3v) is 9.41. The Labute approximate surface area is 208 Å². The fraction of sp³-hybridized carbons (Fsp3) is 0.455. The summed E-state index contributed by atoms with van der Waals surface area (Å²) in [4.78, 5) is 1.61. The van der Waals surface area contributed by atoms with E-state index in [0.29, 0.717) is 37.4 Å². The third-order valence-electron chi connectivity index (χ3n) is 6.07. The van der Waals surface area contributed by atoms with Crippen LogP contribution in [0.3, 0.4) is 0 Å². The van der Waals surface area contributed by atoms with Gasteiger partial charge in [-0.15, -0.1) is 11.8 Å². The summed E-state index contributed by atoms with van der Waals surface area (Å²) in [5.74, 6) is 0.461. The van der Waals surface area contributed by atoms with Crippen LogP contribution in [0.15, 0.2) is 63.2 Å². The summed E-state index contributed by atoms with van der Waals surface area (Å²) in [5.41, 5.74) is -5.85. The average Bonchev–Trinajstić information content (AvgIpc) is 3.44. The van der Waals surface area contributed by atoms with Gasteiger partial charge < -0.3 is 14.6 Å². The summed E-state index contributed by atoms with van der Waals surface area (Å²) in [7, 11) is -5.78. The maximum atomic E-state index is 13.4. The highest BCUT2D eigenvalue weighted by Gasteiger charge is 2.48. The quantitative estimate of drug-likeness (QED) is 0.354. The first kappa shape index (κ1) is 26.4. The molecule has 2 aromatic carbocycles. The van der Waals surface area contributed by atoms with E-state index >= 15 is 0 Å². The first-order valence-corrected chi connectivity index (χ1v) is 14.4. The van der Waals surface area contributed by atoms with E-state index in [-0.39, 0.29) is 17.8 Å². The third kappa shape index (κ3) is 6.20. The second-order valence-electron chi connectivity index (χ2n) is 8.44. The van der Waals surface area contributed by atoms with Gasteiger partial charge in [0.15, 0.2) is 0 Å². The van der Waals surface area contributed by atoms with Crippen LogP contribution in [0.2, 0.25) is 0 Å². The Kier molecular flexibility index (Phi) is 8.13. The summed E-state index contributed by atoms with van der Waals surface area (Å²) in [6.07, 6.45) is 1.71. The number of sulfone groups is 1. The van der Waals surface area contributed by atoms with Crippen molar-refractivity contribution in [1.29, 1.82) is 0 Å². The van der Waals surface area contributed by atoms with Crippen molar-refractivity contribution in [3.63, 3.8) is 0 Å². The molecule has 2 aliphatic heterocycles. The highest BCUT2D eigenvalue weighted by Crippen LogP contribution is 2.36. The van der Waals surface area contributed by atoms with E-state index in [9.17, 15) is 30.4 Å². The number of ether oxygens (including phenoxy) is 1. The number of alkyl halides is 3. The maximum Gasteiger partial charge on any atom is 0.501 e. The molecule has 2 aliphatic rings. The van der Waals surface area contributed by atoms with Crippen molar-refractivity contribution in [1.82, 2.24) is 4.90 Å².